The molecule has 0 bridgehead atoms. The fraction of sp³-hybridized carbons (Fsp3) is 0.533. The molecule has 4 heteroatoms. The third-order valence-electron chi connectivity index (χ3n) is 2.63. The van der Waals surface area contributed by atoms with Crippen molar-refractivity contribution >= 4 is 17.7 Å². The molecule has 0 atom stereocenters. The number of hydrogen-bond acceptors (Lipinski definition) is 3. The van der Waals surface area contributed by atoms with Crippen molar-refractivity contribution in [3.63, 3.8) is 0 Å². The van der Waals surface area contributed by atoms with Crippen LogP contribution in [-0.2, 0) is 16.1 Å². The van der Waals surface area contributed by atoms with Crippen LogP contribution >= 0.6 is 11.8 Å². The minimum Gasteiger partial charge on any atom is -0.366 e. The molecular weight excluding hydrogens is 258 g/mol. The molecule has 0 saturated heterocycles. The summed E-state index contributed by atoms with van der Waals surface area (Å²) in [5.74, 6) is 0.00358. The van der Waals surface area contributed by atoms with E-state index >= 15 is 0 Å². The van der Waals surface area contributed by atoms with Crippen LogP contribution < -0.4 is 0 Å². The van der Waals surface area contributed by atoms with Gasteiger partial charge in [-0.1, -0.05) is 12.1 Å². The zero-order valence-electron chi connectivity index (χ0n) is 12.4. The second-order valence-corrected chi connectivity index (χ2v) is 6.38. The van der Waals surface area contributed by atoms with Crippen molar-refractivity contribution in [3.8, 4) is 0 Å². The first-order chi connectivity index (χ1) is 8.81. The van der Waals surface area contributed by atoms with Crippen LogP contribution in [-0.4, -0.2) is 36.3 Å². The first-order valence-corrected chi connectivity index (χ1v) is 7.55. The van der Waals surface area contributed by atoms with E-state index in [-0.39, 0.29) is 18.1 Å². The molecule has 1 aromatic rings. The first-order valence-electron chi connectivity index (χ1n) is 6.32. The van der Waals surface area contributed by atoms with Gasteiger partial charge < -0.3 is 9.64 Å². The predicted molar refractivity (Wildman–Crippen MR) is 80.4 cm³/mol. The summed E-state index contributed by atoms with van der Waals surface area (Å²) in [6.45, 7) is 6.58. The second kappa shape index (κ2) is 6.96. The average molecular weight is 281 g/mol. The number of benzene rings is 1. The lowest BCUT2D eigenvalue weighted by atomic mass is 10.2. The summed E-state index contributed by atoms with van der Waals surface area (Å²) >= 11 is 1.71. The maximum Gasteiger partial charge on any atom is 0.248 e. The third kappa shape index (κ3) is 6.12. The molecule has 0 heterocycles. The highest BCUT2D eigenvalue weighted by Crippen LogP contribution is 2.15. The normalized spacial score (nSPS) is 11.4. The van der Waals surface area contributed by atoms with E-state index in [1.54, 1.807) is 23.7 Å². The molecule has 0 aromatic heterocycles. The third-order valence-corrected chi connectivity index (χ3v) is 3.38. The molecule has 0 radical (unpaired) electrons. The smallest absolute Gasteiger partial charge is 0.248 e. The Morgan fingerprint density at radius 3 is 2.32 bits per heavy atom. The lowest BCUT2D eigenvalue weighted by Gasteiger charge is -2.22. The van der Waals surface area contributed by atoms with Crippen LogP contribution in [0.4, 0.5) is 0 Å². The summed E-state index contributed by atoms with van der Waals surface area (Å²) in [4.78, 5) is 14.8. The number of rotatable bonds is 5. The number of hydrogen-bond donors (Lipinski definition) is 0. The first kappa shape index (κ1) is 16.1. The summed E-state index contributed by atoms with van der Waals surface area (Å²) in [6.07, 6.45) is 2.05. The molecule has 0 fully saturated rings. The lowest BCUT2D eigenvalue weighted by Crippen LogP contribution is -2.33. The van der Waals surface area contributed by atoms with Crippen LogP contribution in [0.5, 0.6) is 0 Å². The second-order valence-electron chi connectivity index (χ2n) is 5.50. The van der Waals surface area contributed by atoms with Crippen molar-refractivity contribution < 1.29 is 9.53 Å². The maximum atomic E-state index is 11.9. The Balaban J connectivity index is 2.49. The van der Waals surface area contributed by atoms with E-state index in [0.717, 1.165) is 5.56 Å². The topological polar surface area (TPSA) is 29.5 Å². The van der Waals surface area contributed by atoms with Gasteiger partial charge >= 0.3 is 0 Å². The Hall–Kier alpha value is -1.00. The number of nitrogens with zero attached hydrogens (tertiary/aromatic N) is 1. The van der Waals surface area contributed by atoms with Crippen molar-refractivity contribution in [1.29, 1.82) is 0 Å². The predicted octanol–water partition coefficient (Wildman–Crippen LogP) is 3.18. The Morgan fingerprint density at radius 1 is 1.26 bits per heavy atom. The summed E-state index contributed by atoms with van der Waals surface area (Å²) in [5, 5.41) is 0. The molecule has 3 nitrogen and oxygen atoms in total. The molecule has 0 N–H and O–H groups in total. The van der Waals surface area contributed by atoms with Gasteiger partial charge in [0.1, 0.15) is 6.61 Å². The molecule has 106 valence electrons. The molecule has 0 unspecified atom stereocenters. The van der Waals surface area contributed by atoms with E-state index in [4.69, 9.17) is 4.74 Å². The molecule has 19 heavy (non-hydrogen) atoms. The minimum absolute atomic E-state index is 0.00358. The number of thioether (sulfide) groups is 1. The number of ether oxygens (including phenoxy) is 1. The zero-order chi connectivity index (χ0) is 14.5. The van der Waals surface area contributed by atoms with Gasteiger partial charge in [-0.05, 0) is 44.7 Å². The van der Waals surface area contributed by atoms with Gasteiger partial charge in [0.25, 0.3) is 0 Å². The molecular formula is C15H23NO2S. The van der Waals surface area contributed by atoms with Gasteiger partial charge in [0, 0.05) is 18.5 Å². The van der Waals surface area contributed by atoms with Gasteiger partial charge in [0.05, 0.1) is 5.60 Å². The fourth-order valence-electron chi connectivity index (χ4n) is 1.48. The molecule has 0 aliphatic carbocycles. The van der Waals surface area contributed by atoms with Crippen LogP contribution in [0.25, 0.3) is 0 Å². The van der Waals surface area contributed by atoms with Crippen LogP contribution in [0.3, 0.4) is 0 Å². The van der Waals surface area contributed by atoms with Gasteiger partial charge in [0.15, 0.2) is 0 Å². The SMILES string of the molecule is CSc1ccc(CN(C)C(=O)COC(C)(C)C)cc1. The van der Waals surface area contributed by atoms with E-state index in [9.17, 15) is 4.79 Å². The fourth-order valence-corrected chi connectivity index (χ4v) is 1.89. The highest BCUT2D eigenvalue weighted by Gasteiger charge is 2.15. The van der Waals surface area contributed by atoms with E-state index in [0.29, 0.717) is 6.54 Å². The zero-order valence-corrected chi connectivity index (χ0v) is 13.2. The Morgan fingerprint density at radius 2 is 1.84 bits per heavy atom. The molecule has 0 saturated carbocycles. The van der Waals surface area contributed by atoms with Crippen molar-refractivity contribution in [2.45, 2.75) is 37.8 Å². The van der Waals surface area contributed by atoms with Gasteiger partial charge in [-0.2, -0.15) is 0 Å². The number of likely N-dealkylation sites (N-methyl/N-ethyl adjacent to an activating group) is 1. The standard InChI is InChI=1S/C15H23NO2S/c1-15(2,3)18-11-14(17)16(4)10-12-6-8-13(19-5)9-7-12/h6-9H,10-11H2,1-5H3. The molecule has 0 aliphatic heterocycles. The largest absolute Gasteiger partial charge is 0.366 e. The van der Waals surface area contributed by atoms with Gasteiger partial charge in [-0.25, -0.2) is 0 Å². The maximum absolute atomic E-state index is 11.9. The average Bonchev–Trinajstić information content (AvgIpc) is 2.36. The highest BCUT2D eigenvalue weighted by molar-refractivity contribution is 7.98. The summed E-state index contributed by atoms with van der Waals surface area (Å²) in [6, 6.07) is 8.26. The summed E-state index contributed by atoms with van der Waals surface area (Å²) in [5.41, 5.74) is 0.848. The van der Waals surface area contributed by atoms with Crippen LogP contribution in [0.15, 0.2) is 29.2 Å². The molecule has 0 aliphatic rings. The van der Waals surface area contributed by atoms with Crippen LogP contribution in [0, 0.1) is 0 Å². The quantitative estimate of drug-likeness (QED) is 0.776. The van der Waals surface area contributed by atoms with Crippen molar-refractivity contribution in [2.24, 2.45) is 0 Å². The van der Waals surface area contributed by atoms with E-state index in [1.165, 1.54) is 4.90 Å². The molecule has 1 rings (SSSR count). The van der Waals surface area contributed by atoms with Crippen LogP contribution in [0.1, 0.15) is 26.3 Å². The van der Waals surface area contributed by atoms with Gasteiger partial charge in [0.2, 0.25) is 5.91 Å². The molecule has 1 aromatic carbocycles. The van der Waals surface area contributed by atoms with Gasteiger partial charge in [-0.3, -0.25) is 4.79 Å². The van der Waals surface area contributed by atoms with Crippen molar-refractivity contribution in [2.75, 3.05) is 19.9 Å². The van der Waals surface area contributed by atoms with Crippen molar-refractivity contribution in [3.05, 3.63) is 29.8 Å². The van der Waals surface area contributed by atoms with Gasteiger partial charge in [-0.15, -0.1) is 11.8 Å². The number of carbonyl (C=O) groups is 1. The lowest BCUT2D eigenvalue weighted by molar-refractivity contribution is -0.140. The van der Waals surface area contributed by atoms with E-state index in [1.807, 2.05) is 20.8 Å². The number of carbonyl (C=O) groups excluding carboxylic acids is 1. The van der Waals surface area contributed by atoms with Crippen LogP contribution in [0.2, 0.25) is 0 Å². The number of amides is 1. The van der Waals surface area contributed by atoms with E-state index < -0.39 is 0 Å². The Bertz CT molecular complexity index is 409. The van der Waals surface area contributed by atoms with E-state index in [2.05, 4.69) is 30.5 Å². The van der Waals surface area contributed by atoms with Crippen molar-refractivity contribution in [1.82, 2.24) is 4.90 Å². The summed E-state index contributed by atoms with van der Waals surface area (Å²) in [7, 11) is 1.80. The molecule has 0 spiro atoms. The monoisotopic (exact) mass is 281 g/mol. The summed E-state index contributed by atoms with van der Waals surface area (Å²) < 4.78 is 5.49. The molecule has 1 amide bonds. The Kier molecular flexibility index (Phi) is 5.88. The minimum atomic E-state index is -0.281. The Labute approximate surface area is 120 Å². The highest BCUT2D eigenvalue weighted by atomic mass is 32.2.